The van der Waals surface area contributed by atoms with E-state index in [1.807, 2.05) is 0 Å². The van der Waals surface area contributed by atoms with Gasteiger partial charge in [-0.25, -0.2) is 4.57 Å². The second kappa shape index (κ2) is 6.68. The molecule has 0 aromatic carbocycles. The van der Waals surface area contributed by atoms with Gasteiger partial charge in [0.15, 0.2) is 0 Å². The molecule has 0 saturated heterocycles. The van der Waals surface area contributed by atoms with Crippen molar-refractivity contribution in [2.45, 2.75) is 6.10 Å². The molecule has 1 unspecified atom stereocenters. The maximum absolute atomic E-state index is 8.88. The standard InChI is InChI=1S/C3H9NO2.H3O4P/c4-1-3(6)2-5;1-5(2,3)4/h3,5-6H,1-2,4H2;(H3,1,2,3,4). The number of nitrogens with two attached hydrogens (primary N) is 1. The normalized spacial score (nSPS) is 13.3. The SMILES string of the molecule is NCC(O)CO.O=P(O)(O)O. The monoisotopic (exact) mass is 189 g/mol. The van der Waals surface area contributed by atoms with Crippen molar-refractivity contribution >= 4 is 7.82 Å². The first kappa shape index (κ1) is 13.6. The first-order valence-corrected chi connectivity index (χ1v) is 4.15. The highest BCUT2D eigenvalue weighted by atomic mass is 31.2. The molecule has 0 spiro atoms. The fraction of sp³-hybridized carbons (Fsp3) is 1.00. The van der Waals surface area contributed by atoms with Crippen molar-refractivity contribution in [3.63, 3.8) is 0 Å². The van der Waals surface area contributed by atoms with Crippen LogP contribution in [0.25, 0.3) is 0 Å². The van der Waals surface area contributed by atoms with Crippen LogP contribution in [0, 0.1) is 0 Å². The summed E-state index contributed by atoms with van der Waals surface area (Å²) in [7, 11) is -4.64. The van der Waals surface area contributed by atoms with Gasteiger partial charge in [0, 0.05) is 6.54 Å². The van der Waals surface area contributed by atoms with Crippen molar-refractivity contribution in [3.8, 4) is 0 Å². The molecule has 0 aromatic heterocycles. The van der Waals surface area contributed by atoms with Crippen LogP contribution in [-0.4, -0.2) is 44.1 Å². The van der Waals surface area contributed by atoms with Gasteiger partial charge in [0.25, 0.3) is 0 Å². The minimum Gasteiger partial charge on any atom is -0.394 e. The molecule has 0 radical (unpaired) electrons. The van der Waals surface area contributed by atoms with Crippen LogP contribution >= 0.6 is 7.82 Å². The Balaban J connectivity index is 0. The van der Waals surface area contributed by atoms with Gasteiger partial charge in [-0.2, -0.15) is 0 Å². The topological polar surface area (TPSA) is 144 Å². The Labute approximate surface area is 63.3 Å². The molecule has 7 N–H and O–H groups in total. The molecule has 8 heteroatoms. The highest BCUT2D eigenvalue weighted by Crippen LogP contribution is 2.25. The molecule has 0 aromatic rings. The first-order valence-electron chi connectivity index (χ1n) is 2.58. The number of rotatable bonds is 2. The molecule has 7 nitrogen and oxygen atoms in total. The van der Waals surface area contributed by atoms with E-state index in [9.17, 15) is 0 Å². The van der Waals surface area contributed by atoms with Crippen molar-refractivity contribution in [2.75, 3.05) is 13.2 Å². The van der Waals surface area contributed by atoms with Gasteiger partial charge in [0.1, 0.15) is 0 Å². The molecular formula is C3H12NO6P. The highest BCUT2D eigenvalue weighted by Gasteiger charge is 2.00. The van der Waals surface area contributed by atoms with Gasteiger partial charge < -0.3 is 30.6 Å². The summed E-state index contributed by atoms with van der Waals surface area (Å²) >= 11 is 0. The van der Waals surface area contributed by atoms with E-state index < -0.39 is 13.9 Å². The largest absolute Gasteiger partial charge is 0.466 e. The smallest absolute Gasteiger partial charge is 0.394 e. The first-order chi connectivity index (χ1) is 4.81. The summed E-state index contributed by atoms with van der Waals surface area (Å²) < 4.78 is 8.88. The van der Waals surface area contributed by atoms with Crippen LogP contribution in [0.15, 0.2) is 0 Å². The van der Waals surface area contributed by atoms with Gasteiger partial charge in [0.05, 0.1) is 12.7 Å². The van der Waals surface area contributed by atoms with Gasteiger partial charge in [0.2, 0.25) is 0 Å². The maximum atomic E-state index is 8.88. The van der Waals surface area contributed by atoms with E-state index in [-0.39, 0.29) is 13.2 Å². The molecule has 0 rings (SSSR count). The molecule has 11 heavy (non-hydrogen) atoms. The molecule has 0 amide bonds. The van der Waals surface area contributed by atoms with Crippen molar-refractivity contribution < 1.29 is 29.5 Å². The Morgan fingerprint density at radius 1 is 1.36 bits per heavy atom. The molecule has 1 atom stereocenters. The van der Waals surface area contributed by atoms with Crippen LogP contribution in [0.5, 0.6) is 0 Å². The fourth-order valence-electron chi connectivity index (χ4n) is 0.0745. The summed E-state index contributed by atoms with van der Waals surface area (Å²) in [5.41, 5.74) is 4.87. The third kappa shape index (κ3) is 40.1. The van der Waals surface area contributed by atoms with Crippen molar-refractivity contribution in [1.29, 1.82) is 0 Å². The second-order valence-electron chi connectivity index (χ2n) is 1.59. The number of phosphoric acid groups is 1. The molecule has 0 fully saturated rings. The molecule has 0 heterocycles. The predicted molar refractivity (Wildman–Crippen MR) is 36.4 cm³/mol. The minimum atomic E-state index is -4.64. The molecular weight excluding hydrogens is 177 g/mol. The molecule has 0 saturated carbocycles. The van der Waals surface area contributed by atoms with Gasteiger partial charge in [-0.1, -0.05) is 0 Å². The summed E-state index contributed by atoms with van der Waals surface area (Å²) in [5, 5.41) is 16.3. The summed E-state index contributed by atoms with van der Waals surface area (Å²) in [6.45, 7) is -0.104. The fourth-order valence-corrected chi connectivity index (χ4v) is 0.0745. The van der Waals surface area contributed by atoms with E-state index in [0.717, 1.165) is 0 Å². The van der Waals surface area contributed by atoms with Gasteiger partial charge >= 0.3 is 7.82 Å². The van der Waals surface area contributed by atoms with E-state index in [1.54, 1.807) is 0 Å². The van der Waals surface area contributed by atoms with Crippen molar-refractivity contribution in [1.82, 2.24) is 0 Å². The lowest BCUT2D eigenvalue weighted by Gasteiger charge is -1.97. The number of aliphatic hydroxyl groups excluding tert-OH is 2. The summed E-state index contributed by atoms with van der Waals surface area (Å²) in [6.07, 6.45) is -0.731. The molecule has 70 valence electrons. The number of aliphatic hydroxyl groups is 2. The third-order valence-corrected chi connectivity index (χ3v) is 0.483. The van der Waals surface area contributed by atoms with E-state index in [4.69, 9.17) is 35.2 Å². The summed E-state index contributed by atoms with van der Waals surface area (Å²) in [5.74, 6) is 0. The zero-order chi connectivity index (χ0) is 9.49. The number of hydrogen-bond acceptors (Lipinski definition) is 4. The molecule has 0 aliphatic carbocycles. The summed E-state index contributed by atoms with van der Waals surface area (Å²) in [4.78, 5) is 21.6. The quantitative estimate of drug-likeness (QED) is 0.260. The Kier molecular flexibility index (Phi) is 8.25. The Bertz CT molecular complexity index is 111. The lowest BCUT2D eigenvalue weighted by molar-refractivity contribution is 0.102. The van der Waals surface area contributed by atoms with Crippen LogP contribution in [0.1, 0.15) is 0 Å². The van der Waals surface area contributed by atoms with Crippen LogP contribution in [0.3, 0.4) is 0 Å². The summed E-state index contributed by atoms with van der Waals surface area (Å²) in [6, 6.07) is 0. The van der Waals surface area contributed by atoms with Crippen LogP contribution < -0.4 is 5.73 Å². The number of hydrogen-bond donors (Lipinski definition) is 6. The lowest BCUT2D eigenvalue weighted by atomic mass is 10.4. The maximum Gasteiger partial charge on any atom is 0.466 e. The van der Waals surface area contributed by atoms with Gasteiger partial charge in [-0.05, 0) is 0 Å². The third-order valence-electron chi connectivity index (χ3n) is 0.483. The van der Waals surface area contributed by atoms with Crippen molar-refractivity contribution in [2.24, 2.45) is 5.73 Å². The van der Waals surface area contributed by atoms with Crippen LogP contribution in [0.2, 0.25) is 0 Å². The highest BCUT2D eigenvalue weighted by molar-refractivity contribution is 7.45. The average molecular weight is 189 g/mol. The Morgan fingerprint density at radius 2 is 1.64 bits per heavy atom. The Morgan fingerprint density at radius 3 is 1.64 bits per heavy atom. The average Bonchev–Trinajstić information content (AvgIpc) is 1.83. The molecule has 0 aliphatic rings. The second-order valence-corrected chi connectivity index (χ2v) is 2.61. The van der Waals surface area contributed by atoms with E-state index in [2.05, 4.69) is 0 Å². The van der Waals surface area contributed by atoms with E-state index in [0.29, 0.717) is 0 Å². The van der Waals surface area contributed by atoms with Gasteiger partial charge in [-0.3, -0.25) is 0 Å². The molecule has 0 bridgehead atoms. The van der Waals surface area contributed by atoms with Crippen LogP contribution in [0.4, 0.5) is 0 Å². The molecule has 0 aliphatic heterocycles. The zero-order valence-corrected chi connectivity index (χ0v) is 6.55. The van der Waals surface area contributed by atoms with E-state index in [1.165, 1.54) is 0 Å². The lowest BCUT2D eigenvalue weighted by Crippen LogP contribution is -2.22. The zero-order valence-electron chi connectivity index (χ0n) is 5.66. The van der Waals surface area contributed by atoms with Crippen molar-refractivity contribution in [3.05, 3.63) is 0 Å². The Hall–Kier alpha value is -0.0100. The van der Waals surface area contributed by atoms with Gasteiger partial charge in [-0.15, -0.1) is 0 Å². The van der Waals surface area contributed by atoms with E-state index >= 15 is 0 Å². The predicted octanol–water partition coefficient (Wildman–Crippen LogP) is -2.63. The minimum absolute atomic E-state index is 0.135. The van der Waals surface area contributed by atoms with Crippen LogP contribution in [-0.2, 0) is 4.57 Å².